The van der Waals surface area contributed by atoms with Crippen LogP contribution in [0.2, 0.25) is 5.02 Å². The first-order valence-corrected chi connectivity index (χ1v) is 4.72. The maximum atomic E-state index is 13.0. The summed E-state index contributed by atoms with van der Waals surface area (Å²) >= 11 is 7.60. The summed E-state index contributed by atoms with van der Waals surface area (Å²) in [5.41, 5.74) is 3.32. The van der Waals surface area contributed by atoms with E-state index in [0.717, 1.165) is 0 Å². The van der Waals surface area contributed by atoms with Gasteiger partial charge in [0.15, 0.2) is 0 Å². The van der Waals surface area contributed by atoms with Crippen LogP contribution in [0.1, 0.15) is 5.56 Å². The summed E-state index contributed by atoms with van der Waals surface area (Å²) in [5, 5.41) is 0.543. The van der Waals surface area contributed by atoms with Gasteiger partial charge in [-0.05, 0) is 18.2 Å². The maximum absolute atomic E-state index is 13.0. The first-order chi connectivity index (χ1) is 5.74. The zero-order valence-corrected chi connectivity index (χ0v) is 8.99. The Kier molecular flexibility index (Phi) is 4.20. The van der Waals surface area contributed by atoms with Gasteiger partial charge in [-0.15, -0.1) is 0 Å². The number of nitrogens with one attached hydrogen (secondary N) is 2. The highest BCUT2D eigenvalue weighted by atomic mass is 127. The van der Waals surface area contributed by atoms with Crippen molar-refractivity contribution in [3.63, 3.8) is 0 Å². The summed E-state index contributed by atoms with van der Waals surface area (Å²) in [7, 11) is 0. The van der Waals surface area contributed by atoms with Gasteiger partial charge in [-0.2, -0.15) is 3.64 Å². The Balaban J connectivity index is 2.75. The molecule has 0 amide bonds. The van der Waals surface area contributed by atoms with Crippen LogP contribution in [0, 0.1) is 5.82 Å². The second-order valence-electron chi connectivity index (χ2n) is 2.18. The third-order valence-corrected chi connectivity index (χ3v) is 1.97. The Bertz CT molecular complexity index is 270. The van der Waals surface area contributed by atoms with E-state index >= 15 is 0 Å². The van der Waals surface area contributed by atoms with Crippen molar-refractivity contribution in [1.82, 2.24) is 9.06 Å². The molecule has 0 saturated carbocycles. The van der Waals surface area contributed by atoms with Gasteiger partial charge < -0.3 is 0 Å². The lowest BCUT2D eigenvalue weighted by atomic mass is 10.2. The smallest absolute Gasteiger partial charge is 0.127 e. The van der Waals surface area contributed by atoms with Crippen LogP contribution in [-0.4, -0.2) is 0 Å². The SMILES string of the molecule is Fc1ccc(Cl)cc1CNNI. The highest BCUT2D eigenvalue weighted by Gasteiger charge is 2.01. The summed E-state index contributed by atoms with van der Waals surface area (Å²) in [4.78, 5) is 0. The maximum Gasteiger partial charge on any atom is 0.127 e. The molecule has 0 radical (unpaired) electrons. The zero-order chi connectivity index (χ0) is 8.97. The molecule has 0 fully saturated rings. The van der Waals surface area contributed by atoms with E-state index < -0.39 is 0 Å². The molecule has 1 aromatic rings. The molecule has 5 heteroatoms. The molecular weight excluding hydrogens is 293 g/mol. The highest BCUT2D eigenvalue weighted by molar-refractivity contribution is 14.1. The monoisotopic (exact) mass is 300 g/mol. The van der Waals surface area contributed by atoms with Crippen LogP contribution in [0.3, 0.4) is 0 Å². The van der Waals surface area contributed by atoms with Crippen molar-refractivity contribution in [2.24, 2.45) is 0 Å². The van der Waals surface area contributed by atoms with E-state index in [2.05, 4.69) is 9.06 Å². The van der Waals surface area contributed by atoms with Gasteiger partial charge >= 0.3 is 0 Å². The normalized spacial score (nSPS) is 10.2. The lowest BCUT2D eigenvalue weighted by molar-refractivity contribution is 0.589. The van der Waals surface area contributed by atoms with E-state index in [0.29, 0.717) is 17.1 Å². The van der Waals surface area contributed by atoms with Crippen molar-refractivity contribution < 1.29 is 4.39 Å². The molecule has 12 heavy (non-hydrogen) atoms. The Morgan fingerprint density at radius 1 is 1.50 bits per heavy atom. The molecule has 0 aliphatic heterocycles. The van der Waals surface area contributed by atoms with E-state index in [4.69, 9.17) is 11.6 Å². The number of rotatable bonds is 3. The molecule has 0 spiro atoms. The van der Waals surface area contributed by atoms with Crippen LogP contribution >= 0.6 is 34.5 Å². The van der Waals surface area contributed by atoms with Crippen molar-refractivity contribution in [3.05, 3.63) is 34.6 Å². The Morgan fingerprint density at radius 3 is 2.92 bits per heavy atom. The van der Waals surface area contributed by atoms with E-state index in [1.807, 2.05) is 22.9 Å². The molecule has 2 N–H and O–H groups in total. The molecule has 0 bridgehead atoms. The van der Waals surface area contributed by atoms with E-state index in [-0.39, 0.29) is 5.82 Å². The largest absolute Gasteiger partial charge is 0.244 e. The van der Waals surface area contributed by atoms with Gasteiger partial charge in [-0.1, -0.05) is 11.6 Å². The topological polar surface area (TPSA) is 24.1 Å². The summed E-state index contributed by atoms with van der Waals surface area (Å²) in [6.45, 7) is 0.412. The van der Waals surface area contributed by atoms with Crippen LogP contribution in [0.5, 0.6) is 0 Å². The fourth-order valence-corrected chi connectivity index (χ4v) is 1.19. The minimum atomic E-state index is -0.251. The number of hydrazine groups is 1. The summed E-state index contributed by atoms with van der Waals surface area (Å²) in [5.74, 6) is -0.251. The van der Waals surface area contributed by atoms with Crippen LogP contribution in [0.15, 0.2) is 18.2 Å². The molecule has 0 unspecified atom stereocenters. The average Bonchev–Trinajstić information content (AvgIpc) is 2.07. The molecule has 0 atom stereocenters. The van der Waals surface area contributed by atoms with Crippen LogP contribution < -0.4 is 9.06 Å². The van der Waals surface area contributed by atoms with E-state index in [9.17, 15) is 4.39 Å². The van der Waals surface area contributed by atoms with Crippen LogP contribution in [0.25, 0.3) is 0 Å². The fraction of sp³-hybridized carbons (Fsp3) is 0.143. The van der Waals surface area contributed by atoms with Crippen molar-refractivity contribution in [3.8, 4) is 0 Å². The van der Waals surface area contributed by atoms with E-state index in [1.54, 1.807) is 6.07 Å². The molecule has 0 aliphatic carbocycles. The number of halogens is 3. The molecule has 1 rings (SSSR count). The highest BCUT2D eigenvalue weighted by Crippen LogP contribution is 2.14. The van der Waals surface area contributed by atoms with Gasteiger partial charge in [0.25, 0.3) is 0 Å². The number of benzene rings is 1. The molecule has 0 aliphatic rings. The van der Waals surface area contributed by atoms with Crippen molar-refractivity contribution in [2.75, 3.05) is 0 Å². The summed E-state index contributed by atoms with van der Waals surface area (Å²) in [6.07, 6.45) is 0. The molecule has 0 saturated heterocycles. The second kappa shape index (κ2) is 4.96. The van der Waals surface area contributed by atoms with Gasteiger partial charge in [0.05, 0.1) is 0 Å². The minimum Gasteiger partial charge on any atom is -0.244 e. The molecule has 0 heterocycles. The van der Waals surface area contributed by atoms with Crippen molar-refractivity contribution >= 4 is 34.5 Å². The Morgan fingerprint density at radius 2 is 2.25 bits per heavy atom. The summed E-state index contributed by atoms with van der Waals surface area (Å²) in [6, 6.07) is 4.47. The third-order valence-electron chi connectivity index (χ3n) is 1.35. The van der Waals surface area contributed by atoms with E-state index in [1.165, 1.54) is 12.1 Å². The second-order valence-corrected chi connectivity index (χ2v) is 3.16. The van der Waals surface area contributed by atoms with Gasteiger partial charge in [0.2, 0.25) is 0 Å². The van der Waals surface area contributed by atoms with Gasteiger partial charge in [-0.3, -0.25) is 0 Å². The lowest BCUT2D eigenvalue weighted by Gasteiger charge is -2.03. The lowest BCUT2D eigenvalue weighted by Crippen LogP contribution is -2.21. The van der Waals surface area contributed by atoms with Crippen molar-refractivity contribution in [2.45, 2.75) is 6.54 Å². The number of hydrogen-bond acceptors (Lipinski definition) is 2. The first kappa shape index (κ1) is 10.2. The molecule has 2 nitrogen and oxygen atoms in total. The average molecular weight is 301 g/mol. The quantitative estimate of drug-likeness (QED) is 0.509. The fourth-order valence-electron chi connectivity index (χ4n) is 0.807. The third kappa shape index (κ3) is 2.85. The molecule has 0 aromatic heterocycles. The zero-order valence-electron chi connectivity index (χ0n) is 6.07. The standard InChI is InChI=1S/C7H7ClFIN2/c8-6-1-2-7(9)5(3-6)4-11-12-10/h1-3,11-12H,4H2. The van der Waals surface area contributed by atoms with Gasteiger partial charge in [-0.25, -0.2) is 9.82 Å². The summed E-state index contributed by atoms with van der Waals surface area (Å²) < 4.78 is 15.6. The number of hydrogen-bond donors (Lipinski definition) is 2. The van der Waals surface area contributed by atoms with Crippen LogP contribution in [0.4, 0.5) is 4.39 Å². The van der Waals surface area contributed by atoms with Crippen LogP contribution in [-0.2, 0) is 6.54 Å². The predicted molar refractivity (Wildman–Crippen MR) is 55.4 cm³/mol. The molecule has 1 aromatic carbocycles. The van der Waals surface area contributed by atoms with Crippen molar-refractivity contribution in [1.29, 1.82) is 0 Å². The first-order valence-electron chi connectivity index (χ1n) is 3.26. The minimum absolute atomic E-state index is 0.251. The predicted octanol–water partition coefficient (Wildman–Crippen LogP) is 2.42. The molecular formula is C7H7ClFIN2. The van der Waals surface area contributed by atoms with Gasteiger partial charge in [0.1, 0.15) is 5.82 Å². The molecule has 66 valence electrons. The Hall–Kier alpha value is 0.0900. The Labute approximate surface area is 89.0 Å². The van der Waals surface area contributed by atoms with Gasteiger partial charge in [0, 0.05) is 40.0 Å².